The van der Waals surface area contributed by atoms with Crippen LogP contribution in [0.1, 0.15) is 31.1 Å². The average molecular weight is 254 g/mol. The van der Waals surface area contributed by atoms with Gasteiger partial charge in [-0.3, -0.25) is 10.1 Å². The standard InChI is InChI=1S/C12H15FN2OS/c1-12(2,3)15-11(17)14-10(16)8-4-6-9(13)7-5-8/h4-7H,1-3H3,(H2,14,15,16,17). The molecule has 92 valence electrons. The molecule has 0 aliphatic rings. The highest BCUT2D eigenvalue weighted by atomic mass is 32.1. The first-order valence-electron chi connectivity index (χ1n) is 5.17. The van der Waals surface area contributed by atoms with Crippen LogP contribution in [0.5, 0.6) is 0 Å². The number of nitrogens with one attached hydrogen (secondary N) is 2. The Kier molecular flexibility index (Phi) is 4.17. The summed E-state index contributed by atoms with van der Waals surface area (Å²) in [6.07, 6.45) is 0. The first-order chi connectivity index (χ1) is 7.78. The summed E-state index contributed by atoms with van der Waals surface area (Å²) < 4.78 is 12.7. The SMILES string of the molecule is CC(C)(C)NC(=S)NC(=O)c1ccc(F)cc1. The Labute approximate surface area is 105 Å². The largest absolute Gasteiger partial charge is 0.358 e. The highest BCUT2D eigenvalue weighted by molar-refractivity contribution is 7.80. The summed E-state index contributed by atoms with van der Waals surface area (Å²) in [5.74, 6) is -0.733. The molecule has 1 rings (SSSR count). The molecule has 0 saturated heterocycles. The molecule has 17 heavy (non-hydrogen) atoms. The number of thiocarbonyl (C=S) groups is 1. The van der Waals surface area contributed by atoms with Gasteiger partial charge in [0.25, 0.3) is 5.91 Å². The van der Waals surface area contributed by atoms with Crippen LogP contribution >= 0.6 is 12.2 Å². The topological polar surface area (TPSA) is 41.1 Å². The summed E-state index contributed by atoms with van der Waals surface area (Å²) in [5, 5.41) is 5.74. The molecular weight excluding hydrogens is 239 g/mol. The molecule has 0 bridgehead atoms. The predicted octanol–water partition coefficient (Wildman–Crippen LogP) is 2.23. The molecular formula is C12H15FN2OS. The van der Waals surface area contributed by atoms with Crippen LogP contribution in [-0.4, -0.2) is 16.6 Å². The lowest BCUT2D eigenvalue weighted by atomic mass is 10.1. The Hall–Kier alpha value is -1.49. The van der Waals surface area contributed by atoms with E-state index in [1.54, 1.807) is 0 Å². The van der Waals surface area contributed by atoms with Crippen molar-refractivity contribution >= 4 is 23.2 Å². The van der Waals surface area contributed by atoms with Gasteiger partial charge in [0.2, 0.25) is 0 Å². The number of benzene rings is 1. The van der Waals surface area contributed by atoms with Gasteiger partial charge in [0.1, 0.15) is 5.82 Å². The Balaban J connectivity index is 2.61. The molecule has 0 atom stereocenters. The fourth-order valence-electron chi connectivity index (χ4n) is 1.15. The highest BCUT2D eigenvalue weighted by Gasteiger charge is 2.13. The van der Waals surface area contributed by atoms with Crippen LogP contribution in [0.4, 0.5) is 4.39 Å². The normalized spacial score (nSPS) is 10.8. The molecule has 1 aromatic rings. The zero-order valence-corrected chi connectivity index (χ0v) is 10.8. The molecule has 0 aromatic heterocycles. The van der Waals surface area contributed by atoms with Gasteiger partial charge in [-0.1, -0.05) is 0 Å². The van der Waals surface area contributed by atoms with Crippen molar-refractivity contribution in [3.05, 3.63) is 35.6 Å². The number of halogens is 1. The Bertz CT molecular complexity index is 423. The maximum atomic E-state index is 12.7. The summed E-state index contributed by atoms with van der Waals surface area (Å²) in [6, 6.07) is 5.28. The van der Waals surface area contributed by atoms with Crippen LogP contribution in [0.3, 0.4) is 0 Å². The van der Waals surface area contributed by atoms with E-state index in [2.05, 4.69) is 10.6 Å². The lowest BCUT2D eigenvalue weighted by Crippen LogP contribution is -2.48. The number of carbonyl (C=O) groups is 1. The lowest BCUT2D eigenvalue weighted by molar-refractivity contribution is 0.0976. The molecule has 0 aliphatic heterocycles. The molecule has 3 nitrogen and oxygen atoms in total. The van der Waals surface area contributed by atoms with Gasteiger partial charge in [0, 0.05) is 11.1 Å². The number of amides is 1. The number of rotatable bonds is 1. The van der Waals surface area contributed by atoms with Gasteiger partial charge >= 0.3 is 0 Å². The van der Waals surface area contributed by atoms with E-state index in [1.165, 1.54) is 24.3 Å². The van der Waals surface area contributed by atoms with Crippen LogP contribution < -0.4 is 10.6 Å². The quantitative estimate of drug-likeness (QED) is 0.755. The summed E-state index contributed by atoms with van der Waals surface area (Å²) in [5.41, 5.74) is 0.150. The smallest absolute Gasteiger partial charge is 0.257 e. The van der Waals surface area contributed by atoms with Crippen LogP contribution in [0.2, 0.25) is 0 Å². The molecule has 0 heterocycles. The second-order valence-electron chi connectivity index (χ2n) is 4.67. The van der Waals surface area contributed by atoms with Crippen molar-refractivity contribution in [2.45, 2.75) is 26.3 Å². The zero-order chi connectivity index (χ0) is 13.1. The van der Waals surface area contributed by atoms with Gasteiger partial charge in [0.05, 0.1) is 0 Å². The Morgan fingerprint density at radius 2 is 1.76 bits per heavy atom. The van der Waals surface area contributed by atoms with E-state index in [0.717, 1.165) is 0 Å². The van der Waals surface area contributed by atoms with E-state index in [4.69, 9.17) is 12.2 Å². The predicted molar refractivity (Wildman–Crippen MR) is 69.4 cm³/mol. The van der Waals surface area contributed by atoms with E-state index in [0.29, 0.717) is 5.56 Å². The van der Waals surface area contributed by atoms with E-state index in [9.17, 15) is 9.18 Å². The molecule has 0 spiro atoms. The van der Waals surface area contributed by atoms with Crippen LogP contribution in [0.25, 0.3) is 0 Å². The van der Waals surface area contributed by atoms with Gasteiger partial charge < -0.3 is 5.32 Å². The molecule has 0 radical (unpaired) electrons. The van der Waals surface area contributed by atoms with Crippen LogP contribution in [-0.2, 0) is 0 Å². The Morgan fingerprint density at radius 3 is 2.24 bits per heavy atom. The molecule has 0 unspecified atom stereocenters. The first-order valence-corrected chi connectivity index (χ1v) is 5.58. The van der Waals surface area contributed by atoms with Gasteiger partial charge in [-0.25, -0.2) is 4.39 Å². The average Bonchev–Trinajstić information content (AvgIpc) is 2.15. The van der Waals surface area contributed by atoms with E-state index in [-0.39, 0.29) is 22.4 Å². The minimum atomic E-state index is -0.378. The summed E-state index contributed by atoms with van der Waals surface area (Å²) in [4.78, 5) is 11.7. The minimum Gasteiger partial charge on any atom is -0.358 e. The summed E-state index contributed by atoms with van der Waals surface area (Å²) >= 11 is 4.99. The van der Waals surface area contributed by atoms with E-state index < -0.39 is 0 Å². The first kappa shape index (κ1) is 13.6. The summed E-state index contributed by atoms with van der Waals surface area (Å²) in [7, 11) is 0. The maximum absolute atomic E-state index is 12.7. The fourth-order valence-corrected chi connectivity index (χ4v) is 1.55. The van der Waals surface area contributed by atoms with Crippen molar-refractivity contribution in [1.29, 1.82) is 0 Å². The third-order valence-electron chi connectivity index (χ3n) is 1.82. The molecule has 5 heteroatoms. The van der Waals surface area contributed by atoms with Crippen molar-refractivity contribution in [2.24, 2.45) is 0 Å². The van der Waals surface area contributed by atoms with Crippen molar-refractivity contribution in [1.82, 2.24) is 10.6 Å². The monoisotopic (exact) mass is 254 g/mol. The second-order valence-corrected chi connectivity index (χ2v) is 5.07. The van der Waals surface area contributed by atoms with Gasteiger partial charge in [-0.05, 0) is 57.3 Å². The number of hydrogen-bond donors (Lipinski definition) is 2. The number of hydrogen-bond acceptors (Lipinski definition) is 2. The second kappa shape index (κ2) is 5.23. The lowest BCUT2D eigenvalue weighted by Gasteiger charge is -2.22. The van der Waals surface area contributed by atoms with Crippen molar-refractivity contribution in [2.75, 3.05) is 0 Å². The van der Waals surface area contributed by atoms with Gasteiger partial charge in [-0.2, -0.15) is 0 Å². The van der Waals surface area contributed by atoms with Crippen molar-refractivity contribution in [3.8, 4) is 0 Å². The summed E-state index contributed by atoms with van der Waals surface area (Å²) in [6.45, 7) is 5.80. The third-order valence-corrected chi connectivity index (χ3v) is 2.03. The molecule has 2 N–H and O–H groups in total. The molecule has 0 saturated carbocycles. The van der Waals surface area contributed by atoms with Crippen molar-refractivity contribution < 1.29 is 9.18 Å². The molecule has 1 aromatic carbocycles. The number of carbonyl (C=O) groups excluding carboxylic acids is 1. The minimum absolute atomic E-state index is 0.215. The molecule has 0 fully saturated rings. The van der Waals surface area contributed by atoms with Crippen molar-refractivity contribution in [3.63, 3.8) is 0 Å². The fraction of sp³-hybridized carbons (Fsp3) is 0.333. The van der Waals surface area contributed by atoms with Crippen LogP contribution in [0, 0.1) is 5.82 Å². The maximum Gasteiger partial charge on any atom is 0.257 e. The van der Waals surface area contributed by atoms with E-state index >= 15 is 0 Å². The zero-order valence-electron chi connectivity index (χ0n) is 10.0. The third kappa shape index (κ3) is 4.91. The molecule has 1 amide bonds. The van der Waals surface area contributed by atoms with E-state index in [1.807, 2.05) is 20.8 Å². The molecule has 0 aliphatic carbocycles. The highest BCUT2D eigenvalue weighted by Crippen LogP contribution is 2.03. The Morgan fingerprint density at radius 1 is 1.24 bits per heavy atom. The van der Waals surface area contributed by atoms with Gasteiger partial charge in [0.15, 0.2) is 5.11 Å². The van der Waals surface area contributed by atoms with Crippen LogP contribution in [0.15, 0.2) is 24.3 Å². The van der Waals surface area contributed by atoms with Gasteiger partial charge in [-0.15, -0.1) is 0 Å².